The van der Waals surface area contributed by atoms with E-state index >= 15 is 0 Å². The molecule has 0 amide bonds. The molecule has 0 saturated carbocycles. The van der Waals surface area contributed by atoms with Gasteiger partial charge in [0.25, 0.3) is 0 Å². The van der Waals surface area contributed by atoms with Gasteiger partial charge >= 0.3 is 0 Å². The third-order valence-corrected chi connectivity index (χ3v) is 2.70. The number of aldehydes is 1. The molecule has 1 heterocycles. The van der Waals surface area contributed by atoms with Crippen LogP contribution >= 0.6 is 0 Å². The van der Waals surface area contributed by atoms with Crippen LogP contribution in [0.1, 0.15) is 24.0 Å². The zero-order valence-corrected chi connectivity index (χ0v) is 8.28. The van der Waals surface area contributed by atoms with Crippen molar-refractivity contribution in [2.75, 3.05) is 6.54 Å². The summed E-state index contributed by atoms with van der Waals surface area (Å²) in [6, 6.07) is 8.56. The maximum atomic E-state index is 10.2. The molecule has 1 aromatic carbocycles. The fourth-order valence-electron chi connectivity index (χ4n) is 1.96. The van der Waals surface area contributed by atoms with E-state index in [1.165, 1.54) is 11.1 Å². The highest BCUT2D eigenvalue weighted by Crippen LogP contribution is 2.21. The molecule has 0 saturated heterocycles. The van der Waals surface area contributed by atoms with Gasteiger partial charge in [0.15, 0.2) is 0 Å². The fraction of sp³-hybridized carbons (Fsp3) is 0.417. The minimum absolute atomic E-state index is 0.687. The third kappa shape index (κ3) is 2.02. The molecule has 2 rings (SSSR count). The SMILES string of the molecule is O=CCCCN1Cc2ccccc2C1. The average molecular weight is 189 g/mol. The van der Waals surface area contributed by atoms with Crippen molar-refractivity contribution >= 4 is 6.29 Å². The Balaban J connectivity index is 1.88. The second-order valence-corrected chi connectivity index (χ2v) is 3.79. The minimum atomic E-state index is 0.687. The lowest BCUT2D eigenvalue weighted by Gasteiger charge is -2.12. The molecule has 1 aromatic rings. The number of benzene rings is 1. The van der Waals surface area contributed by atoms with E-state index in [9.17, 15) is 4.79 Å². The number of carbonyl (C=O) groups is 1. The standard InChI is InChI=1S/C12H15NO/c14-8-4-3-7-13-9-11-5-1-2-6-12(11)10-13/h1-2,5-6,8H,3-4,7,9-10H2. The molecule has 0 radical (unpaired) electrons. The second kappa shape index (κ2) is 4.38. The Morgan fingerprint density at radius 3 is 2.43 bits per heavy atom. The van der Waals surface area contributed by atoms with Gasteiger partial charge in [-0.3, -0.25) is 4.90 Å². The van der Waals surface area contributed by atoms with Crippen LogP contribution in [0.5, 0.6) is 0 Å². The number of fused-ring (bicyclic) bond motifs is 1. The first-order valence-electron chi connectivity index (χ1n) is 5.13. The van der Waals surface area contributed by atoms with Crippen LogP contribution in [0, 0.1) is 0 Å². The second-order valence-electron chi connectivity index (χ2n) is 3.79. The molecule has 0 bridgehead atoms. The van der Waals surface area contributed by atoms with Crippen molar-refractivity contribution in [3.8, 4) is 0 Å². The highest BCUT2D eigenvalue weighted by atomic mass is 16.1. The number of hydrogen-bond donors (Lipinski definition) is 0. The van der Waals surface area contributed by atoms with E-state index in [1.807, 2.05) is 0 Å². The van der Waals surface area contributed by atoms with E-state index in [-0.39, 0.29) is 0 Å². The smallest absolute Gasteiger partial charge is 0.120 e. The van der Waals surface area contributed by atoms with Gasteiger partial charge in [-0.15, -0.1) is 0 Å². The lowest BCUT2D eigenvalue weighted by molar-refractivity contribution is -0.108. The third-order valence-electron chi connectivity index (χ3n) is 2.70. The highest BCUT2D eigenvalue weighted by Gasteiger charge is 2.16. The highest BCUT2D eigenvalue weighted by molar-refractivity contribution is 5.49. The molecule has 14 heavy (non-hydrogen) atoms. The summed E-state index contributed by atoms with van der Waals surface area (Å²) in [6.45, 7) is 3.14. The molecule has 0 aliphatic carbocycles. The molecular weight excluding hydrogens is 174 g/mol. The predicted octanol–water partition coefficient (Wildman–Crippen LogP) is 1.98. The fourth-order valence-corrected chi connectivity index (χ4v) is 1.96. The van der Waals surface area contributed by atoms with Crippen molar-refractivity contribution in [3.63, 3.8) is 0 Å². The van der Waals surface area contributed by atoms with E-state index < -0.39 is 0 Å². The summed E-state index contributed by atoms with van der Waals surface area (Å²) in [4.78, 5) is 12.6. The molecule has 0 atom stereocenters. The zero-order chi connectivity index (χ0) is 9.80. The van der Waals surface area contributed by atoms with Gasteiger partial charge in [-0.05, 0) is 24.1 Å². The van der Waals surface area contributed by atoms with E-state index in [0.717, 1.165) is 32.3 Å². The van der Waals surface area contributed by atoms with Crippen LogP contribution in [0.15, 0.2) is 24.3 Å². The van der Waals surface area contributed by atoms with Crippen LogP contribution in [-0.2, 0) is 17.9 Å². The first-order chi connectivity index (χ1) is 6.90. The minimum Gasteiger partial charge on any atom is -0.303 e. The Bertz CT molecular complexity index is 297. The Morgan fingerprint density at radius 2 is 1.86 bits per heavy atom. The lowest BCUT2D eigenvalue weighted by atomic mass is 10.1. The summed E-state index contributed by atoms with van der Waals surface area (Å²) >= 11 is 0. The van der Waals surface area contributed by atoms with Crippen molar-refractivity contribution in [2.24, 2.45) is 0 Å². The van der Waals surface area contributed by atoms with Gasteiger partial charge in [0.1, 0.15) is 6.29 Å². The van der Waals surface area contributed by atoms with Crippen LogP contribution in [0.4, 0.5) is 0 Å². The van der Waals surface area contributed by atoms with Crippen molar-refractivity contribution < 1.29 is 4.79 Å². The first-order valence-corrected chi connectivity index (χ1v) is 5.13. The van der Waals surface area contributed by atoms with Gasteiger partial charge in [0.2, 0.25) is 0 Å². The molecule has 0 unspecified atom stereocenters. The summed E-state index contributed by atoms with van der Waals surface area (Å²) < 4.78 is 0. The summed E-state index contributed by atoms with van der Waals surface area (Å²) in [6.07, 6.45) is 2.67. The lowest BCUT2D eigenvalue weighted by Crippen LogP contribution is -2.17. The summed E-state index contributed by atoms with van der Waals surface area (Å²) in [5.41, 5.74) is 2.89. The molecule has 74 valence electrons. The van der Waals surface area contributed by atoms with Crippen molar-refractivity contribution in [2.45, 2.75) is 25.9 Å². The zero-order valence-electron chi connectivity index (χ0n) is 8.28. The van der Waals surface area contributed by atoms with Gasteiger partial charge in [0, 0.05) is 19.5 Å². The van der Waals surface area contributed by atoms with E-state index in [0.29, 0.717) is 6.42 Å². The Morgan fingerprint density at radius 1 is 1.21 bits per heavy atom. The molecule has 2 nitrogen and oxygen atoms in total. The molecule has 0 N–H and O–H groups in total. The molecule has 1 aliphatic heterocycles. The van der Waals surface area contributed by atoms with Crippen molar-refractivity contribution in [1.82, 2.24) is 4.90 Å². The first kappa shape index (κ1) is 9.41. The topological polar surface area (TPSA) is 20.3 Å². The molecule has 2 heteroatoms. The molecule has 0 fully saturated rings. The average Bonchev–Trinajstić information content (AvgIpc) is 2.60. The monoisotopic (exact) mass is 189 g/mol. The number of carbonyl (C=O) groups excluding carboxylic acids is 1. The molecule has 0 spiro atoms. The van der Waals surface area contributed by atoms with Gasteiger partial charge in [-0.1, -0.05) is 24.3 Å². The Labute approximate surface area is 84.5 Å². The summed E-state index contributed by atoms with van der Waals surface area (Å²) in [5, 5.41) is 0. The van der Waals surface area contributed by atoms with Crippen LogP contribution < -0.4 is 0 Å². The van der Waals surface area contributed by atoms with E-state index in [2.05, 4.69) is 29.2 Å². The van der Waals surface area contributed by atoms with Gasteiger partial charge in [-0.25, -0.2) is 0 Å². The maximum absolute atomic E-state index is 10.2. The number of rotatable bonds is 4. The predicted molar refractivity (Wildman–Crippen MR) is 55.9 cm³/mol. The Hall–Kier alpha value is -1.15. The van der Waals surface area contributed by atoms with Crippen LogP contribution in [0.25, 0.3) is 0 Å². The number of nitrogens with zero attached hydrogens (tertiary/aromatic N) is 1. The Kier molecular flexibility index (Phi) is 2.94. The van der Waals surface area contributed by atoms with Crippen molar-refractivity contribution in [1.29, 1.82) is 0 Å². The number of unbranched alkanes of at least 4 members (excludes halogenated alkanes) is 1. The molecule has 1 aliphatic rings. The van der Waals surface area contributed by atoms with Gasteiger partial charge in [0.05, 0.1) is 0 Å². The molecule has 0 aromatic heterocycles. The maximum Gasteiger partial charge on any atom is 0.120 e. The van der Waals surface area contributed by atoms with Gasteiger partial charge in [-0.2, -0.15) is 0 Å². The molecular formula is C12H15NO. The van der Waals surface area contributed by atoms with Crippen LogP contribution in [0.2, 0.25) is 0 Å². The van der Waals surface area contributed by atoms with Crippen LogP contribution in [0.3, 0.4) is 0 Å². The summed E-state index contributed by atoms with van der Waals surface area (Å²) in [5.74, 6) is 0. The van der Waals surface area contributed by atoms with E-state index in [1.54, 1.807) is 0 Å². The van der Waals surface area contributed by atoms with E-state index in [4.69, 9.17) is 0 Å². The largest absolute Gasteiger partial charge is 0.303 e. The van der Waals surface area contributed by atoms with Crippen LogP contribution in [-0.4, -0.2) is 17.7 Å². The summed E-state index contributed by atoms with van der Waals surface area (Å²) in [7, 11) is 0. The van der Waals surface area contributed by atoms with Gasteiger partial charge < -0.3 is 4.79 Å². The van der Waals surface area contributed by atoms with Crippen molar-refractivity contribution in [3.05, 3.63) is 35.4 Å². The normalized spacial score (nSPS) is 15.4. The number of hydrogen-bond acceptors (Lipinski definition) is 2. The quantitative estimate of drug-likeness (QED) is 0.533.